The molecule has 1 saturated carbocycles. The van der Waals surface area contributed by atoms with Crippen LogP contribution < -0.4 is 10.6 Å². The van der Waals surface area contributed by atoms with E-state index >= 15 is 0 Å². The maximum absolute atomic E-state index is 12.1. The molecule has 0 aromatic heterocycles. The van der Waals surface area contributed by atoms with Crippen LogP contribution in [0, 0.1) is 17.8 Å². The van der Waals surface area contributed by atoms with Crippen molar-refractivity contribution in [2.75, 3.05) is 11.9 Å². The summed E-state index contributed by atoms with van der Waals surface area (Å²) in [4.78, 5) is 24.1. The highest BCUT2D eigenvalue weighted by atomic mass is 16.2. The van der Waals surface area contributed by atoms with Gasteiger partial charge in [0.15, 0.2) is 0 Å². The molecule has 22 heavy (non-hydrogen) atoms. The Morgan fingerprint density at radius 2 is 1.77 bits per heavy atom. The number of benzene rings is 1. The molecule has 0 heterocycles. The molecule has 2 N–H and O–H groups in total. The fraction of sp³-hybridized carbons (Fsp3) is 0.556. The maximum Gasteiger partial charge on any atom is 0.228 e. The normalized spacial score (nSPS) is 19.8. The molecule has 4 heteroatoms. The van der Waals surface area contributed by atoms with Crippen molar-refractivity contribution in [2.24, 2.45) is 17.8 Å². The van der Waals surface area contributed by atoms with Crippen LogP contribution in [0.3, 0.4) is 0 Å². The van der Waals surface area contributed by atoms with Crippen molar-refractivity contribution < 1.29 is 9.59 Å². The van der Waals surface area contributed by atoms with Gasteiger partial charge in [0.05, 0.1) is 11.8 Å². The SMILES string of the molecule is CCc1ccc(NC(=O)C2CC2C(=O)NCCC(C)C)cc1. The summed E-state index contributed by atoms with van der Waals surface area (Å²) in [6.45, 7) is 7.05. The van der Waals surface area contributed by atoms with Crippen LogP contribution in [-0.4, -0.2) is 18.4 Å². The van der Waals surface area contributed by atoms with Crippen LogP contribution in [0.25, 0.3) is 0 Å². The average molecular weight is 302 g/mol. The lowest BCUT2D eigenvalue weighted by atomic mass is 10.1. The molecule has 2 rings (SSSR count). The first-order valence-electron chi connectivity index (χ1n) is 8.18. The van der Waals surface area contributed by atoms with Gasteiger partial charge in [-0.25, -0.2) is 0 Å². The molecule has 1 aromatic rings. The van der Waals surface area contributed by atoms with Gasteiger partial charge in [0, 0.05) is 12.2 Å². The van der Waals surface area contributed by atoms with Gasteiger partial charge in [-0.1, -0.05) is 32.9 Å². The number of amides is 2. The van der Waals surface area contributed by atoms with Gasteiger partial charge in [0.25, 0.3) is 0 Å². The Bertz CT molecular complexity index is 522. The van der Waals surface area contributed by atoms with E-state index in [1.165, 1.54) is 5.56 Å². The van der Waals surface area contributed by atoms with Crippen molar-refractivity contribution in [3.63, 3.8) is 0 Å². The van der Waals surface area contributed by atoms with Crippen LogP contribution in [0.2, 0.25) is 0 Å². The van der Waals surface area contributed by atoms with E-state index in [0.29, 0.717) is 18.9 Å². The number of rotatable bonds is 7. The molecule has 1 fully saturated rings. The van der Waals surface area contributed by atoms with E-state index in [-0.39, 0.29) is 23.7 Å². The Morgan fingerprint density at radius 1 is 1.14 bits per heavy atom. The second kappa shape index (κ2) is 7.43. The highest BCUT2D eigenvalue weighted by molar-refractivity contribution is 5.99. The van der Waals surface area contributed by atoms with Gasteiger partial charge < -0.3 is 10.6 Å². The number of carbonyl (C=O) groups excluding carboxylic acids is 2. The van der Waals surface area contributed by atoms with Crippen LogP contribution >= 0.6 is 0 Å². The zero-order valence-corrected chi connectivity index (χ0v) is 13.7. The molecule has 1 aliphatic carbocycles. The van der Waals surface area contributed by atoms with E-state index < -0.39 is 0 Å². The lowest BCUT2D eigenvalue weighted by molar-refractivity contribution is -0.125. The first-order chi connectivity index (χ1) is 10.5. The van der Waals surface area contributed by atoms with Crippen LogP contribution in [-0.2, 0) is 16.0 Å². The summed E-state index contributed by atoms with van der Waals surface area (Å²) in [6, 6.07) is 7.85. The number of aryl methyl sites for hydroxylation is 1. The molecule has 0 bridgehead atoms. The largest absolute Gasteiger partial charge is 0.356 e. The summed E-state index contributed by atoms with van der Waals surface area (Å²) in [5.41, 5.74) is 2.04. The van der Waals surface area contributed by atoms with E-state index in [1.54, 1.807) is 0 Å². The van der Waals surface area contributed by atoms with Gasteiger partial charge in [-0.2, -0.15) is 0 Å². The number of anilines is 1. The van der Waals surface area contributed by atoms with Gasteiger partial charge in [-0.05, 0) is 42.9 Å². The molecule has 0 aliphatic heterocycles. The molecule has 0 saturated heterocycles. The van der Waals surface area contributed by atoms with E-state index in [2.05, 4.69) is 31.4 Å². The molecular weight excluding hydrogens is 276 g/mol. The Hall–Kier alpha value is -1.84. The Kier molecular flexibility index (Phi) is 5.58. The first kappa shape index (κ1) is 16.5. The van der Waals surface area contributed by atoms with Gasteiger partial charge >= 0.3 is 0 Å². The third-order valence-electron chi connectivity index (χ3n) is 4.11. The average Bonchev–Trinajstić information content (AvgIpc) is 3.28. The van der Waals surface area contributed by atoms with Crippen molar-refractivity contribution in [3.8, 4) is 0 Å². The van der Waals surface area contributed by atoms with Crippen molar-refractivity contribution in [1.82, 2.24) is 5.32 Å². The van der Waals surface area contributed by atoms with Crippen molar-refractivity contribution in [3.05, 3.63) is 29.8 Å². The maximum atomic E-state index is 12.1. The van der Waals surface area contributed by atoms with Crippen molar-refractivity contribution >= 4 is 17.5 Å². The van der Waals surface area contributed by atoms with Gasteiger partial charge in [0.1, 0.15) is 0 Å². The summed E-state index contributed by atoms with van der Waals surface area (Å²) >= 11 is 0. The highest BCUT2D eigenvalue weighted by Crippen LogP contribution is 2.39. The third-order valence-corrected chi connectivity index (χ3v) is 4.11. The molecule has 4 nitrogen and oxygen atoms in total. The molecule has 2 atom stereocenters. The predicted octanol–water partition coefficient (Wildman–Crippen LogP) is 2.99. The summed E-state index contributed by atoms with van der Waals surface area (Å²) in [6.07, 6.45) is 2.61. The molecule has 2 amide bonds. The second-order valence-corrected chi connectivity index (χ2v) is 6.46. The second-order valence-electron chi connectivity index (χ2n) is 6.46. The highest BCUT2D eigenvalue weighted by Gasteiger charge is 2.47. The lowest BCUT2D eigenvalue weighted by Crippen LogP contribution is -2.28. The topological polar surface area (TPSA) is 58.2 Å². The molecule has 120 valence electrons. The van der Waals surface area contributed by atoms with Crippen molar-refractivity contribution in [1.29, 1.82) is 0 Å². The summed E-state index contributed by atoms with van der Waals surface area (Å²) in [7, 11) is 0. The van der Waals surface area contributed by atoms with Crippen LogP contribution in [0.1, 0.15) is 39.2 Å². The molecule has 0 radical (unpaired) electrons. The Balaban J connectivity index is 1.76. The summed E-state index contributed by atoms with van der Waals surface area (Å²) in [5.74, 6) is 0.215. The first-order valence-corrected chi connectivity index (χ1v) is 8.18. The Morgan fingerprint density at radius 3 is 2.36 bits per heavy atom. The van der Waals surface area contributed by atoms with Gasteiger partial charge in [-0.15, -0.1) is 0 Å². The minimum atomic E-state index is -0.176. The predicted molar refractivity (Wildman–Crippen MR) is 88.5 cm³/mol. The van der Waals surface area contributed by atoms with E-state index in [4.69, 9.17) is 0 Å². The van der Waals surface area contributed by atoms with E-state index in [9.17, 15) is 9.59 Å². The molecule has 2 unspecified atom stereocenters. The fourth-order valence-electron chi connectivity index (χ4n) is 2.45. The summed E-state index contributed by atoms with van der Waals surface area (Å²) in [5, 5.41) is 5.82. The fourth-order valence-corrected chi connectivity index (χ4v) is 2.45. The summed E-state index contributed by atoms with van der Waals surface area (Å²) < 4.78 is 0. The minimum Gasteiger partial charge on any atom is -0.356 e. The number of carbonyl (C=O) groups is 2. The molecule has 0 spiro atoms. The van der Waals surface area contributed by atoms with E-state index in [0.717, 1.165) is 18.5 Å². The van der Waals surface area contributed by atoms with E-state index in [1.807, 2.05) is 24.3 Å². The standard InChI is InChI=1S/C18H26N2O2/c1-4-13-5-7-14(8-6-13)20-18(22)16-11-15(16)17(21)19-10-9-12(2)3/h5-8,12,15-16H,4,9-11H2,1-3H3,(H,19,21)(H,20,22). The van der Waals surface area contributed by atoms with Crippen molar-refractivity contribution in [2.45, 2.75) is 40.0 Å². The zero-order chi connectivity index (χ0) is 16.1. The molecule has 1 aliphatic rings. The molecule has 1 aromatic carbocycles. The minimum absolute atomic E-state index is 0.0159. The number of nitrogens with one attached hydrogen (secondary N) is 2. The lowest BCUT2D eigenvalue weighted by Gasteiger charge is -2.08. The number of hydrogen-bond donors (Lipinski definition) is 2. The van der Waals surface area contributed by atoms with Crippen LogP contribution in [0.4, 0.5) is 5.69 Å². The van der Waals surface area contributed by atoms with Crippen LogP contribution in [0.15, 0.2) is 24.3 Å². The Labute approximate surface area is 132 Å². The smallest absolute Gasteiger partial charge is 0.228 e. The van der Waals surface area contributed by atoms with Gasteiger partial charge in [0.2, 0.25) is 11.8 Å². The van der Waals surface area contributed by atoms with Crippen LogP contribution in [0.5, 0.6) is 0 Å². The molecular formula is C18H26N2O2. The quantitative estimate of drug-likeness (QED) is 0.813. The van der Waals surface area contributed by atoms with Gasteiger partial charge in [-0.3, -0.25) is 9.59 Å². The zero-order valence-electron chi connectivity index (χ0n) is 13.7. The third kappa shape index (κ3) is 4.58. The number of hydrogen-bond acceptors (Lipinski definition) is 2. The monoisotopic (exact) mass is 302 g/mol.